The number of ether oxygens (including phenoxy) is 2. The molecular weight excluding hydrogens is 543 g/mol. The Morgan fingerprint density at radius 1 is 1.17 bits per heavy atom. The highest BCUT2D eigenvalue weighted by atomic mass is 32.1. The van der Waals surface area contributed by atoms with Gasteiger partial charge < -0.3 is 14.4 Å². The maximum absolute atomic E-state index is 14.4. The van der Waals surface area contributed by atoms with E-state index in [0.717, 1.165) is 44.5 Å². The Morgan fingerprint density at radius 2 is 2.00 bits per heavy atom. The standard InChI is InChI=1S/C30H29FN6O3S/c1-4-26(38)36-9-7-22(18-36)37-17-20(15-33-37)29-27(23-6-5-21(31)13-25(23)40-11-10-39-3)30-24(8-12-41-30)28(34-29)19-14-32-35(2)16-19/h4-6,8,12-17,22H,1,7,9-11,18H2,2-3H3. The number of methoxy groups -OCH3 is 1. The molecule has 0 N–H and O–H groups in total. The first-order valence-corrected chi connectivity index (χ1v) is 14.1. The van der Waals surface area contributed by atoms with Crippen molar-refractivity contribution in [2.24, 2.45) is 7.05 Å². The van der Waals surface area contributed by atoms with Crippen LogP contribution in [0.1, 0.15) is 12.5 Å². The fraction of sp³-hybridized carbons (Fsp3) is 0.267. The lowest BCUT2D eigenvalue weighted by Gasteiger charge is -2.17. The molecular formula is C30H29FN6O3S. The molecule has 1 aliphatic rings. The van der Waals surface area contributed by atoms with Crippen molar-refractivity contribution in [1.29, 1.82) is 0 Å². The first-order valence-electron chi connectivity index (χ1n) is 13.2. The first-order chi connectivity index (χ1) is 20.0. The maximum Gasteiger partial charge on any atom is 0.246 e. The summed E-state index contributed by atoms with van der Waals surface area (Å²) in [7, 11) is 3.47. The van der Waals surface area contributed by atoms with E-state index >= 15 is 0 Å². The number of hydrogen-bond acceptors (Lipinski definition) is 7. The summed E-state index contributed by atoms with van der Waals surface area (Å²) in [5.74, 6) is -0.0566. The van der Waals surface area contributed by atoms with Crippen LogP contribution in [-0.2, 0) is 16.6 Å². The zero-order valence-corrected chi connectivity index (χ0v) is 23.6. The van der Waals surface area contributed by atoms with Crippen LogP contribution < -0.4 is 4.74 Å². The van der Waals surface area contributed by atoms with Crippen LogP contribution in [0, 0.1) is 5.82 Å². The molecule has 9 nitrogen and oxygen atoms in total. The Hall–Kier alpha value is -4.35. The molecule has 6 rings (SSSR count). The van der Waals surface area contributed by atoms with Gasteiger partial charge in [0.2, 0.25) is 5.91 Å². The summed E-state index contributed by atoms with van der Waals surface area (Å²) >= 11 is 1.59. The molecule has 1 aliphatic heterocycles. The molecule has 1 fully saturated rings. The van der Waals surface area contributed by atoms with Crippen LogP contribution in [0.5, 0.6) is 5.75 Å². The van der Waals surface area contributed by atoms with Crippen LogP contribution in [0.25, 0.3) is 43.7 Å². The number of carbonyl (C=O) groups is 1. The van der Waals surface area contributed by atoms with E-state index in [2.05, 4.69) is 11.7 Å². The van der Waals surface area contributed by atoms with E-state index in [4.69, 9.17) is 19.6 Å². The molecule has 1 unspecified atom stereocenters. The van der Waals surface area contributed by atoms with Crippen molar-refractivity contribution >= 4 is 27.3 Å². The summed E-state index contributed by atoms with van der Waals surface area (Å²) in [6.45, 7) is 5.47. The molecule has 0 saturated carbocycles. The van der Waals surface area contributed by atoms with Crippen molar-refractivity contribution in [2.75, 3.05) is 33.4 Å². The molecule has 5 aromatic rings. The number of hydrogen-bond donors (Lipinski definition) is 0. The minimum absolute atomic E-state index is 0.0399. The van der Waals surface area contributed by atoms with Crippen LogP contribution in [0.15, 0.2) is 67.1 Å². The van der Waals surface area contributed by atoms with Crippen LogP contribution in [-0.4, -0.2) is 68.8 Å². The number of thiophene rings is 1. The second-order valence-electron chi connectivity index (χ2n) is 9.87. The van der Waals surface area contributed by atoms with Gasteiger partial charge in [0.25, 0.3) is 0 Å². The van der Waals surface area contributed by atoms with Crippen LogP contribution in [0.4, 0.5) is 4.39 Å². The van der Waals surface area contributed by atoms with Gasteiger partial charge in [0, 0.05) is 78.0 Å². The molecule has 4 aromatic heterocycles. The number of benzene rings is 1. The fourth-order valence-corrected chi connectivity index (χ4v) is 6.21. The van der Waals surface area contributed by atoms with Crippen molar-refractivity contribution in [3.05, 3.63) is 72.9 Å². The number of halogens is 1. The molecule has 1 saturated heterocycles. The van der Waals surface area contributed by atoms with Crippen LogP contribution in [0.3, 0.4) is 0 Å². The number of likely N-dealkylation sites (tertiary alicyclic amines) is 1. The SMILES string of the molecule is C=CC(=O)N1CCC(n2cc(-c3nc(-c4cnn(C)c4)c4ccsc4c3-c3ccc(F)cc3OCCOC)cn2)C1. The number of nitrogens with zero attached hydrogens (tertiary/aromatic N) is 6. The van der Waals surface area contributed by atoms with E-state index in [1.807, 2.05) is 35.6 Å². The Kier molecular flexibility index (Phi) is 7.38. The summed E-state index contributed by atoms with van der Waals surface area (Å²) in [4.78, 5) is 19.1. The maximum atomic E-state index is 14.4. The Morgan fingerprint density at radius 3 is 2.78 bits per heavy atom. The predicted molar refractivity (Wildman–Crippen MR) is 156 cm³/mol. The first kappa shape index (κ1) is 26.9. The van der Waals surface area contributed by atoms with E-state index in [1.165, 1.54) is 18.2 Å². The minimum atomic E-state index is -0.391. The molecule has 5 heterocycles. The second-order valence-corrected chi connectivity index (χ2v) is 10.8. The zero-order chi connectivity index (χ0) is 28.5. The Balaban J connectivity index is 1.52. The van der Waals surface area contributed by atoms with Crippen molar-refractivity contribution in [3.8, 4) is 39.4 Å². The van der Waals surface area contributed by atoms with Gasteiger partial charge in [0.1, 0.15) is 18.2 Å². The highest BCUT2D eigenvalue weighted by molar-refractivity contribution is 7.18. The number of rotatable bonds is 9. The number of pyridine rings is 1. The van der Waals surface area contributed by atoms with Gasteiger partial charge in [-0.05, 0) is 36.1 Å². The van der Waals surface area contributed by atoms with E-state index in [0.29, 0.717) is 31.1 Å². The van der Waals surface area contributed by atoms with Crippen LogP contribution in [0.2, 0.25) is 0 Å². The Bertz CT molecular complexity index is 1740. The lowest BCUT2D eigenvalue weighted by Crippen LogP contribution is -2.27. The molecule has 0 bridgehead atoms. The molecule has 210 valence electrons. The molecule has 0 spiro atoms. The fourth-order valence-electron chi connectivity index (χ4n) is 5.25. The van der Waals surface area contributed by atoms with Gasteiger partial charge in [-0.3, -0.25) is 14.2 Å². The number of aromatic nitrogens is 5. The van der Waals surface area contributed by atoms with Gasteiger partial charge in [-0.25, -0.2) is 9.37 Å². The molecule has 11 heteroatoms. The monoisotopic (exact) mass is 572 g/mol. The number of aryl methyl sites for hydroxylation is 1. The topological polar surface area (TPSA) is 87.3 Å². The normalized spacial score (nSPS) is 15.1. The van der Waals surface area contributed by atoms with Crippen molar-refractivity contribution < 1.29 is 18.7 Å². The third-order valence-electron chi connectivity index (χ3n) is 7.24. The van der Waals surface area contributed by atoms with Gasteiger partial charge in [0.15, 0.2) is 0 Å². The van der Waals surface area contributed by atoms with Gasteiger partial charge in [0.05, 0.1) is 36.4 Å². The average Bonchev–Trinajstić information content (AvgIpc) is 3.79. The van der Waals surface area contributed by atoms with E-state index in [1.54, 1.807) is 46.5 Å². The quantitative estimate of drug-likeness (QED) is 0.175. The van der Waals surface area contributed by atoms with Gasteiger partial charge in [-0.15, -0.1) is 11.3 Å². The number of carbonyl (C=O) groups excluding carboxylic acids is 1. The number of amides is 1. The molecule has 1 atom stereocenters. The third kappa shape index (κ3) is 5.14. The summed E-state index contributed by atoms with van der Waals surface area (Å²) in [5, 5.41) is 12.1. The molecule has 41 heavy (non-hydrogen) atoms. The molecule has 1 aromatic carbocycles. The summed E-state index contributed by atoms with van der Waals surface area (Å²) < 4.78 is 30.3. The van der Waals surface area contributed by atoms with E-state index in [9.17, 15) is 9.18 Å². The lowest BCUT2D eigenvalue weighted by molar-refractivity contribution is -0.125. The molecule has 0 aliphatic carbocycles. The zero-order valence-electron chi connectivity index (χ0n) is 22.8. The van der Waals surface area contributed by atoms with Crippen molar-refractivity contribution in [1.82, 2.24) is 29.4 Å². The second kappa shape index (κ2) is 11.3. The summed E-state index contributed by atoms with van der Waals surface area (Å²) in [5.41, 5.74) is 4.76. The highest BCUT2D eigenvalue weighted by Gasteiger charge is 2.28. The van der Waals surface area contributed by atoms with E-state index in [-0.39, 0.29) is 18.6 Å². The largest absolute Gasteiger partial charge is 0.490 e. The van der Waals surface area contributed by atoms with Crippen molar-refractivity contribution in [3.63, 3.8) is 0 Å². The molecule has 1 amide bonds. The molecule has 0 radical (unpaired) electrons. The Labute approximate surface area is 240 Å². The van der Waals surface area contributed by atoms with Gasteiger partial charge >= 0.3 is 0 Å². The minimum Gasteiger partial charge on any atom is -0.490 e. The predicted octanol–water partition coefficient (Wildman–Crippen LogP) is 5.35. The van der Waals surface area contributed by atoms with Gasteiger partial charge in [-0.1, -0.05) is 6.58 Å². The number of fused-ring (bicyclic) bond motifs is 1. The lowest BCUT2D eigenvalue weighted by atomic mass is 9.97. The van der Waals surface area contributed by atoms with Gasteiger partial charge in [-0.2, -0.15) is 10.2 Å². The van der Waals surface area contributed by atoms with Crippen LogP contribution >= 0.6 is 11.3 Å². The average molecular weight is 573 g/mol. The highest BCUT2D eigenvalue weighted by Crippen LogP contribution is 2.46. The van der Waals surface area contributed by atoms with Crippen molar-refractivity contribution in [2.45, 2.75) is 12.5 Å². The smallest absolute Gasteiger partial charge is 0.246 e. The third-order valence-corrected chi connectivity index (χ3v) is 8.17. The van der Waals surface area contributed by atoms with E-state index < -0.39 is 5.82 Å². The summed E-state index contributed by atoms with van der Waals surface area (Å²) in [6, 6.07) is 6.66. The summed E-state index contributed by atoms with van der Waals surface area (Å²) in [6.07, 6.45) is 9.64.